The molecule has 0 saturated heterocycles. The first kappa shape index (κ1) is 9.52. The number of hydrogen-bond donors (Lipinski definition) is 1. The zero-order valence-electron chi connectivity index (χ0n) is 7.44. The standard InChI is InChI=1S/C10H10BrNO2/c11-7-3-1-6(2-4-7)8-5-9(8)14-10(12)13/h1-4,8-9H,5H2,(H2,12,13). The minimum atomic E-state index is -0.686. The summed E-state index contributed by atoms with van der Waals surface area (Å²) < 4.78 is 5.94. The Morgan fingerprint density at radius 1 is 1.43 bits per heavy atom. The highest BCUT2D eigenvalue weighted by atomic mass is 79.9. The summed E-state index contributed by atoms with van der Waals surface area (Å²) in [5.41, 5.74) is 6.12. The van der Waals surface area contributed by atoms with E-state index in [1.165, 1.54) is 5.56 Å². The normalized spacial score (nSPS) is 24.4. The fraction of sp³-hybridized carbons (Fsp3) is 0.300. The Labute approximate surface area is 90.4 Å². The van der Waals surface area contributed by atoms with Gasteiger partial charge in [0.05, 0.1) is 0 Å². The Kier molecular flexibility index (Phi) is 2.46. The van der Waals surface area contributed by atoms with E-state index in [2.05, 4.69) is 15.9 Å². The summed E-state index contributed by atoms with van der Waals surface area (Å²) in [4.78, 5) is 10.5. The average molecular weight is 256 g/mol. The van der Waals surface area contributed by atoms with E-state index in [0.29, 0.717) is 5.92 Å². The Balaban J connectivity index is 1.99. The van der Waals surface area contributed by atoms with Gasteiger partial charge in [-0.2, -0.15) is 0 Å². The number of amides is 1. The summed E-state index contributed by atoms with van der Waals surface area (Å²) in [6.07, 6.45) is 0.174. The van der Waals surface area contributed by atoms with Crippen molar-refractivity contribution in [2.45, 2.75) is 18.4 Å². The van der Waals surface area contributed by atoms with Crippen molar-refractivity contribution in [3.05, 3.63) is 34.3 Å². The Bertz CT molecular complexity index is 350. The number of carbonyl (C=O) groups excluding carboxylic acids is 1. The second kappa shape index (κ2) is 3.61. The largest absolute Gasteiger partial charge is 0.446 e. The molecule has 0 heterocycles. The third kappa shape index (κ3) is 2.07. The molecule has 4 heteroatoms. The molecule has 0 aliphatic heterocycles. The number of ether oxygens (including phenoxy) is 1. The molecule has 1 aromatic carbocycles. The lowest BCUT2D eigenvalue weighted by Crippen LogP contribution is -2.14. The minimum absolute atomic E-state index is 0.0197. The van der Waals surface area contributed by atoms with Gasteiger partial charge in [-0.05, 0) is 24.1 Å². The summed E-state index contributed by atoms with van der Waals surface area (Å²) >= 11 is 3.37. The smallest absolute Gasteiger partial charge is 0.404 e. The molecule has 2 rings (SSSR count). The number of primary amides is 1. The van der Waals surface area contributed by atoms with Crippen molar-refractivity contribution < 1.29 is 9.53 Å². The number of nitrogens with two attached hydrogens (primary N) is 1. The minimum Gasteiger partial charge on any atom is -0.446 e. The van der Waals surface area contributed by atoms with E-state index in [0.717, 1.165) is 10.9 Å². The molecule has 0 radical (unpaired) electrons. The first-order valence-electron chi connectivity index (χ1n) is 4.38. The highest BCUT2D eigenvalue weighted by Gasteiger charge is 2.41. The fourth-order valence-electron chi connectivity index (χ4n) is 1.51. The Hall–Kier alpha value is -1.03. The van der Waals surface area contributed by atoms with Gasteiger partial charge >= 0.3 is 6.09 Å². The van der Waals surface area contributed by atoms with E-state index in [4.69, 9.17) is 10.5 Å². The molecule has 74 valence electrons. The molecule has 0 spiro atoms. The number of rotatable bonds is 2. The van der Waals surface area contributed by atoms with Crippen molar-refractivity contribution in [2.75, 3.05) is 0 Å². The highest BCUT2D eigenvalue weighted by molar-refractivity contribution is 9.10. The van der Waals surface area contributed by atoms with E-state index in [-0.39, 0.29) is 6.10 Å². The topological polar surface area (TPSA) is 52.3 Å². The summed E-state index contributed by atoms with van der Waals surface area (Å²) in [7, 11) is 0. The molecule has 1 aliphatic rings. The maximum atomic E-state index is 10.5. The van der Waals surface area contributed by atoms with Crippen LogP contribution in [0.4, 0.5) is 4.79 Å². The third-order valence-electron chi connectivity index (χ3n) is 2.30. The van der Waals surface area contributed by atoms with Crippen LogP contribution in [0, 0.1) is 0 Å². The molecule has 1 fully saturated rings. The van der Waals surface area contributed by atoms with Gasteiger partial charge in [0.1, 0.15) is 6.10 Å². The van der Waals surface area contributed by atoms with Gasteiger partial charge in [-0.1, -0.05) is 28.1 Å². The van der Waals surface area contributed by atoms with Gasteiger partial charge in [-0.3, -0.25) is 0 Å². The summed E-state index contributed by atoms with van der Waals surface area (Å²) in [6, 6.07) is 8.02. The molecule has 2 N–H and O–H groups in total. The van der Waals surface area contributed by atoms with Crippen LogP contribution in [0.1, 0.15) is 17.9 Å². The van der Waals surface area contributed by atoms with Crippen LogP contribution in [0.2, 0.25) is 0 Å². The van der Waals surface area contributed by atoms with Gasteiger partial charge in [0.15, 0.2) is 0 Å². The van der Waals surface area contributed by atoms with Crippen molar-refractivity contribution in [1.29, 1.82) is 0 Å². The molecule has 1 saturated carbocycles. The first-order valence-corrected chi connectivity index (χ1v) is 5.17. The van der Waals surface area contributed by atoms with Crippen LogP contribution in [-0.4, -0.2) is 12.2 Å². The van der Waals surface area contributed by atoms with Crippen LogP contribution in [-0.2, 0) is 4.74 Å². The quantitative estimate of drug-likeness (QED) is 0.883. The molecular weight excluding hydrogens is 246 g/mol. The molecule has 14 heavy (non-hydrogen) atoms. The van der Waals surface area contributed by atoms with E-state index in [1.54, 1.807) is 0 Å². The van der Waals surface area contributed by atoms with Gasteiger partial charge in [0.25, 0.3) is 0 Å². The number of carbonyl (C=O) groups is 1. The summed E-state index contributed by atoms with van der Waals surface area (Å²) in [5.74, 6) is 0.329. The highest BCUT2D eigenvalue weighted by Crippen LogP contribution is 2.43. The molecule has 3 nitrogen and oxygen atoms in total. The zero-order chi connectivity index (χ0) is 10.1. The van der Waals surface area contributed by atoms with E-state index in [1.807, 2.05) is 24.3 Å². The molecular formula is C10H10BrNO2. The van der Waals surface area contributed by atoms with E-state index < -0.39 is 6.09 Å². The fourth-order valence-corrected chi connectivity index (χ4v) is 1.78. The van der Waals surface area contributed by atoms with Gasteiger partial charge in [-0.25, -0.2) is 4.79 Å². The lowest BCUT2D eigenvalue weighted by molar-refractivity contribution is 0.147. The SMILES string of the molecule is NC(=O)OC1CC1c1ccc(Br)cc1. The predicted octanol–water partition coefficient (Wildman–Crippen LogP) is 2.40. The third-order valence-corrected chi connectivity index (χ3v) is 2.83. The molecule has 1 aliphatic carbocycles. The molecule has 0 bridgehead atoms. The van der Waals surface area contributed by atoms with Crippen LogP contribution >= 0.6 is 15.9 Å². The Morgan fingerprint density at radius 2 is 2.07 bits per heavy atom. The maximum absolute atomic E-state index is 10.5. The van der Waals surface area contributed by atoms with Crippen molar-refractivity contribution >= 4 is 22.0 Å². The molecule has 1 aromatic rings. The van der Waals surface area contributed by atoms with Crippen LogP contribution in [0.25, 0.3) is 0 Å². The van der Waals surface area contributed by atoms with Crippen LogP contribution in [0.15, 0.2) is 28.7 Å². The van der Waals surface area contributed by atoms with E-state index >= 15 is 0 Å². The monoisotopic (exact) mass is 255 g/mol. The molecule has 0 aromatic heterocycles. The van der Waals surface area contributed by atoms with Crippen LogP contribution in [0.5, 0.6) is 0 Å². The van der Waals surface area contributed by atoms with Crippen LogP contribution in [0.3, 0.4) is 0 Å². The second-order valence-electron chi connectivity index (χ2n) is 3.37. The second-order valence-corrected chi connectivity index (χ2v) is 4.28. The number of hydrogen-bond acceptors (Lipinski definition) is 2. The van der Waals surface area contributed by atoms with Gasteiger partial charge in [0, 0.05) is 10.4 Å². The van der Waals surface area contributed by atoms with Crippen LogP contribution < -0.4 is 5.73 Å². The van der Waals surface area contributed by atoms with Crippen molar-refractivity contribution in [3.63, 3.8) is 0 Å². The lowest BCUT2D eigenvalue weighted by Gasteiger charge is -2.00. The number of benzene rings is 1. The van der Waals surface area contributed by atoms with Crippen molar-refractivity contribution in [2.24, 2.45) is 5.73 Å². The maximum Gasteiger partial charge on any atom is 0.404 e. The van der Waals surface area contributed by atoms with Gasteiger partial charge in [-0.15, -0.1) is 0 Å². The predicted molar refractivity (Wildman–Crippen MR) is 56.0 cm³/mol. The molecule has 1 amide bonds. The first-order chi connectivity index (χ1) is 6.66. The number of halogens is 1. The Morgan fingerprint density at radius 3 is 2.64 bits per heavy atom. The molecule has 2 unspecified atom stereocenters. The summed E-state index contributed by atoms with van der Waals surface area (Å²) in [5, 5.41) is 0. The molecule has 2 atom stereocenters. The lowest BCUT2D eigenvalue weighted by atomic mass is 10.1. The van der Waals surface area contributed by atoms with Gasteiger partial charge in [0.2, 0.25) is 0 Å². The average Bonchev–Trinajstić information content (AvgIpc) is 2.84. The van der Waals surface area contributed by atoms with E-state index in [9.17, 15) is 4.79 Å². The van der Waals surface area contributed by atoms with Crippen molar-refractivity contribution in [1.82, 2.24) is 0 Å². The summed E-state index contributed by atoms with van der Waals surface area (Å²) in [6.45, 7) is 0. The van der Waals surface area contributed by atoms with Crippen molar-refractivity contribution in [3.8, 4) is 0 Å². The van der Waals surface area contributed by atoms with Gasteiger partial charge < -0.3 is 10.5 Å². The zero-order valence-corrected chi connectivity index (χ0v) is 9.03.